The highest BCUT2D eigenvalue weighted by molar-refractivity contribution is 6.00. The molecule has 23 heavy (non-hydrogen) atoms. The fraction of sp³-hybridized carbons (Fsp3) is 0.588. The van der Waals surface area contributed by atoms with Gasteiger partial charge in [-0.1, -0.05) is 13.3 Å². The van der Waals surface area contributed by atoms with Gasteiger partial charge < -0.3 is 9.80 Å². The van der Waals surface area contributed by atoms with E-state index < -0.39 is 4.92 Å². The van der Waals surface area contributed by atoms with Crippen LogP contribution in [0.3, 0.4) is 0 Å². The van der Waals surface area contributed by atoms with Crippen LogP contribution in [0.15, 0.2) is 18.2 Å². The lowest BCUT2D eigenvalue weighted by molar-refractivity contribution is -0.384. The molecule has 0 N–H and O–H groups in total. The second-order valence-electron chi connectivity index (χ2n) is 5.89. The van der Waals surface area contributed by atoms with E-state index in [0.717, 1.165) is 44.5 Å². The maximum absolute atomic E-state index is 12.9. The number of hydrogen-bond acceptors (Lipinski definition) is 4. The van der Waals surface area contributed by atoms with E-state index in [-0.39, 0.29) is 11.6 Å². The molecule has 1 fully saturated rings. The lowest BCUT2D eigenvalue weighted by Gasteiger charge is -2.25. The molecule has 1 aromatic rings. The maximum atomic E-state index is 12.9. The molecule has 0 bridgehead atoms. The molecule has 6 heteroatoms. The summed E-state index contributed by atoms with van der Waals surface area (Å²) in [5.41, 5.74) is 1.26. The minimum atomic E-state index is -0.438. The van der Waals surface area contributed by atoms with Crippen LogP contribution in [0.4, 0.5) is 11.4 Å². The van der Waals surface area contributed by atoms with Crippen LogP contribution in [-0.2, 0) is 0 Å². The third-order valence-corrected chi connectivity index (χ3v) is 4.32. The zero-order valence-corrected chi connectivity index (χ0v) is 14.0. The lowest BCUT2D eigenvalue weighted by Crippen LogP contribution is -2.33. The average molecular weight is 319 g/mol. The normalized spacial score (nSPS) is 14.1. The van der Waals surface area contributed by atoms with Gasteiger partial charge in [0.25, 0.3) is 11.6 Å². The Morgan fingerprint density at radius 2 is 2.00 bits per heavy atom. The summed E-state index contributed by atoms with van der Waals surface area (Å²) in [5, 5.41) is 11.1. The first-order valence-electron chi connectivity index (χ1n) is 8.41. The summed E-state index contributed by atoms with van der Waals surface area (Å²) in [6, 6.07) is 4.65. The highest BCUT2D eigenvalue weighted by Crippen LogP contribution is 2.29. The van der Waals surface area contributed by atoms with Crippen molar-refractivity contribution in [2.75, 3.05) is 31.1 Å². The molecule has 0 aliphatic carbocycles. The third kappa shape index (κ3) is 4.00. The van der Waals surface area contributed by atoms with Crippen molar-refractivity contribution in [3.8, 4) is 0 Å². The van der Waals surface area contributed by atoms with E-state index >= 15 is 0 Å². The summed E-state index contributed by atoms with van der Waals surface area (Å²) in [6.07, 6.45) is 4.14. The number of amides is 1. The van der Waals surface area contributed by atoms with Crippen LogP contribution in [-0.4, -0.2) is 41.9 Å². The van der Waals surface area contributed by atoms with Gasteiger partial charge in [-0.15, -0.1) is 0 Å². The molecular weight excluding hydrogens is 294 g/mol. The predicted molar refractivity (Wildman–Crippen MR) is 91.0 cm³/mol. The Bertz CT molecular complexity index is 568. The Kier molecular flexibility index (Phi) is 5.96. The molecule has 0 radical (unpaired) electrons. The van der Waals surface area contributed by atoms with E-state index in [1.165, 1.54) is 12.1 Å². The summed E-state index contributed by atoms with van der Waals surface area (Å²) in [6.45, 7) is 7.13. The van der Waals surface area contributed by atoms with Gasteiger partial charge in [0.1, 0.15) is 0 Å². The number of non-ortho nitro benzene ring substituents is 1. The molecule has 0 saturated carbocycles. The molecule has 0 aromatic heterocycles. The van der Waals surface area contributed by atoms with Gasteiger partial charge in [-0.2, -0.15) is 0 Å². The van der Waals surface area contributed by atoms with Crippen LogP contribution in [0.2, 0.25) is 0 Å². The first-order chi connectivity index (χ1) is 11.1. The average Bonchev–Trinajstić information content (AvgIpc) is 3.09. The first-order valence-corrected chi connectivity index (χ1v) is 8.41. The Balaban J connectivity index is 2.37. The van der Waals surface area contributed by atoms with Crippen molar-refractivity contribution in [2.45, 2.75) is 39.5 Å². The fourth-order valence-corrected chi connectivity index (χ4v) is 2.97. The molecule has 1 saturated heterocycles. The highest BCUT2D eigenvalue weighted by atomic mass is 16.6. The van der Waals surface area contributed by atoms with Crippen LogP contribution in [0.5, 0.6) is 0 Å². The molecule has 126 valence electrons. The van der Waals surface area contributed by atoms with E-state index in [1.54, 1.807) is 11.0 Å². The van der Waals surface area contributed by atoms with Gasteiger partial charge in [0, 0.05) is 38.3 Å². The number of hydrogen-bond donors (Lipinski definition) is 0. The molecule has 1 amide bonds. The van der Waals surface area contributed by atoms with E-state index in [2.05, 4.69) is 11.8 Å². The predicted octanol–water partition coefficient (Wildman–Crippen LogP) is 3.46. The fourth-order valence-electron chi connectivity index (χ4n) is 2.97. The van der Waals surface area contributed by atoms with Gasteiger partial charge in [-0.3, -0.25) is 14.9 Å². The quantitative estimate of drug-likeness (QED) is 0.570. The van der Waals surface area contributed by atoms with Crippen LogP contribution in [0.1, 0.15) is 49.9 Å². The second-order valence-corrected chi connectivity index (χ2v) is 5.89. The first kappa shape index (κ1) is 17.2. The van der Waals surface area contributed by atoms with Crippen LogP contribution in [0, 0.1) is 10.1 Å². The number of benzene rings is 1. The van der Waals surface area contributed by atoms with Crippen LogP contribution >= 0.6 is 0 Å². The van der Waals surface area contributed by atoms with Crippen molar-refractivity contribution in [1.29, 1.82) is 0 Å². The lowest BCUT2D eigenvalue weighted by atomic mass is 10.1. The number of unbranched alkanes of at least 4 members (excludes halogenated alkanes) is 1. The molecule has 0 unspecified atom stereocenters. The third-order valence-electron chi connectivity index (χ3n) is 4.32. The summed E-state index contributed by atoms with van der Waals surface area (Å²) in [4.78, 5) is 27.5. The van der Waals surface area contributed by atoms with E-state index in [0.29, 0.717) is 18.7 Å². The van der Waals surface area contributed by atoms with Gasteiger partial charge in [0.2, 0.25) is 0 Å². The summed E-state index contributed by atoms with van der Waals surface area (Å²) < 4.78 is 0. The molecule has 1 aliphatic rings. The zero-order valence-electron chi connectivity index (χ0n) is 14.0. The smallest absolute Gasteiger partial charge is 0.270 e. The largest absolute Gasteiger partial charge is 0.371 e. The van der Waals surface area contributed by atoms with Gasteiger partial charge in [0.05, 0.1) is 16.2 Å². The Labute approximate surface area is 137 Å². The number of anilines is 1. The van der Waals surface area contributed by atoms with Crippen molar-refractivity contribution >= 4 is 17.3 Å². The number of carbonyl (C=O) groups excluding carboxylic acids is 1. The molecular formula is C17H25N3O3. The van der Waals surface area contributed by atoms with Crippen molar-refractivity contribution in [1.82, 2.24) is 4.90 Å². The molecule has 6 nitrogen and oxygen atoms in total. The minimum Gasteiger partial charge on any atom is -0.371 e. The molecule has 0 spiro atoms. The Morgan fingerprint density at radius 1 is 1.30 bits per heavy atom. The SMILES string of the molecule is CCCCN(CC)C(=O)c1cc([N+](=O)[O-])ccc1N1CCCC1. The molecule has 0 atom stereocenters. The monoisotopic (exact) mass is 319 g/mol. The minimum absolute atomic E-state index is 0.0251. The standard InChI is InChI=1S/C17H25N3O3/c1-3-5-10-18(4-2)17(21)15-13-14(20(22)23)8-9-16(15)19-11-6-7-12-19/h8-9,13H,3-7,10-12H2,1-2H3. The molecule has 1 aliphatic heterocycles. The molecule has 2 rings (SSSR count). The highest BCUT2D eigenvalue weighted by Gasteiger charge is 2.25. The van der Waals surface area contributed by atoms with Gasteiger partial charge >= 0.3 is 0 Å². The maximum Gasteiger partial charge on any atom is 0.270 e. The number of rotatable bonds is 7. The van der Waals surface area contributed by atoms with Crippen molar-refractivity contribution < 1.29 is 9.72 Å². The topological polar surface area (TPSA) is 66.7 Å². The number of nitro groups is 1. The summed E-state index contributed by atoms with van der Waals surface area (Å²) in [5.74, 6) is -0.105. The van der Waals surface area contributed by atoms with E-state index in [4.69, 9.17) is 0 Å². The van der Waals surface area contributed by atoms with Crippen molar-refractivity contribution in [2.24, 2.45) is 0 Å². The molecule has 1 aromatic carbocycles. The van der Waals surface area contributed by atoms with E-state index in [1.807, 2.05) is 6.92 Å². The molecule has 1 heterocycles. The van der Waals surface area contributed by atoms with Gasteiger partial charge in [0.15, 0.2) is 0 Å². The van der Waals surface area contributed by atoms with Crippen molar-refractivity contribution in [3.05, 3.63) is 33.9 Å². The van der Waals surface area contributed by atoms with Crippen LogP contribution < -0.4 is 4.90 Å². The van der Waals surface area contributed by atoms with Crippen LogP contribution in [0.25, 0.3) is 0 Å². The number of carbonyl (C=O) groups is 1. The summed E-state index contributed by atoms with van der Waals surface area (Å²) in [7, 11) is 0. The van der Waals surface area contributed by atoms with Gasteiger partial charge in [-0.25, -0.2) is 0 Å². The zero-order chi connectivity index (χ0) is 16.8. The van der Waals surface area contributed by atoms with Crippen molar-refractivity contribution in [3.63, 3.8) is 0 Å². The number of nitrogens with zero attached hydrogens (tertiary/aromatic N) is 3. The Hall–Kier alpha value is -2.11. The number of nitro benzene ring substituents is 1. The Morgan fingerprint density at radius 3 is 2.57 bits per heavy atom. The van der Waals surface area contributed by atoms with E-state index in [9.17, 15) is 14.9 Å². The van der Waals surface area contributed by atoms with Gasteiger partial charge in [-0.05, 0) is 32.3 Å². The summed E-state index contributed by atoms with van der Waals surface area (Å²) >= 11 is 0. The second kappa shape index (κ2) is 7.94.